The third-order valence-corrected chi connectivity index (χ3v) is 7.15. The Morgan fingerprint density at radius 3 is 2.33 bits per heavy atom. The number of ether oxygens (including phenoxy) is 2. The van der Waals surface area contributed by atoms with Crippen molar-refractivity contribution in [3.63, 3.8) is 0 Å². The van der Waals surface area contributed by atoms with E-state index in [1.54, 1.807) is 23.1 Å². The average Bonchev–Trinajstić information content (AvgIpc) is 3.22. The molecular formula is C33H38N2O5. The fourth-order valence-electron chi connectivity index (χ4n) is 4.95. The van der Waals surface area contributed by atoms with E-state index in [9.17, 15) is 14.7 Å². The molecule has 1 N–H and O–H groups in total. The first kappa shape index (κ1) is 28.9. The summed E-state index contributed by atoms with van der Waals surface area (Å²) in [5.41, 5.74) is 2.06. The van der Waals surface area contributed by atoms with Crippen molar-refractivity contribution in [3.05, 3.63) is 95.1 Å². The molecule has 1 heterocycles. The first-order chi connectivity index (χ1) is 19.4. The highest BCUT2D eigenvalue weighted by Gasteiger charge is 2.46. The molecule has 0 radical (unpaired) electrons. The molecule has 3 aromatic carbocycles. The molecule has 0 aromatic heterocycles. The molecule has 1 fully saturated rings. The van der Waals surface area contributed by atoms with Gasteiger partial charge in [-0.1, -0.05) is 51.1 Å². The minimum atomic E-state index is -0.758. The van der Waals surface area contributed by atoms with Crippen LogP contribution in [0, 0.1) is 6.92 Å². The minimum Gasteiger partial charge on any atom is -0.507 e. The molecule has 1 saturated heterocycles. The molecule has 7 nitrogen and oxygen atoms in total. The second kappa shape index (κ2) is 13.3. The Labute approximate surface area is 236 Å². The smallest absolute Gasteiger partial charge is 0.295 e. The SMILES string of the molecule is CCCOc1ccc(C(O)=C2C(=O)C(=O)N(CCN(CC)CC)[C@@H]2c2cccc(Oc3ccccc3)c2)cc1C. The van der Waals surface area contributed by atoms with Gasteiger partial charge in [0.1, 0.15) is 23.0 Å². The number of para-hydroxylation sites is 1. The van der Waals surface area contributed by atoms with Crippen LogP contribution in [0.4, 0.5) is 0 Å². The first-order valence-corrected chi connectivity index (χ1v) is 13.9. The summed E-state index contributed by atoms with van der Waals surface area (Å²) in [6, 6.07) is 21.3. The lowest BCUT2D eigenvalue weighted by molar-refractivity contribution is -0.140. The van der Waals surface area contributed by atoms with E-state index < -0.39 is 17.7 Å². The normalized spacial score (nSPS) is 16.5. The van der Waals surface area contributed by atoms with E-state index in [1.807, 2.05) is 68.4 Å². The highest BCUT2D eigenvalue weighted by Crippen LogP contribution is 2.41. The van der Waals surface area contributed by atoms with Crippen molar-refractivity contribution in [1.29, 1.82) is 0 Å². The number of carbonyl (C=O) groups is 2. The Bertz CT molecular complexity index is 1360. The molecule has 7 heteroatoms. The second-order valence-electron chi connectivity index (χ2n) is 9.84. The summed E-state index contributed by atoms with van der Waals surface area (Å²) < 4.78 is 11.8. The van der Waals surface area contributed by atoms with Crippen molar-refractivity contribution in [2.24, 2.45) is 0 Å². The van der Waals surface area contributed by atoms with Crippen LogP contribution in [0.3, 0.4) is 0 Å². The molecule has 1 atom stereocenters. The number of benzene rings is 3. The van der Waals surface area contributed by atoms with Gasteiger partial charge in [-0.3, -0.25) is 9.59 Å². The van der Waals surface area contributed by atoms with Crippen LogP contribution in [0.5, 0.6) is 17.2 Å². The van der Waals surface area contributed by atoms with Crippen molar-refractivity contribution in [3.8, 4) is 17.2 Å². The van der Waals surface area contributed by atoms with Crippen molar-refractivity contribution >= 4 is 17.4 Å². The van der Waals surface area contributed by atoms with Crippen LogP contribution in [0.15, 0.2) is 78.4 Å². The number of carbonyl (C=O) groups excluding carboxylic acids is 2. The van der Waals surface area contributed by atoms with Gasteiger partial charge in [0, 0.05) is 18.7 Å². The van der Waals surface area contributed by atoms with Crippen LogP contribution in [0.25, 0.3) is 5.76 Å². The lowest BCUT2D eigenvalue weighted by atomic mass is 9.94. The number of amides is 1. The van der Waals surface area contributed by atoms with Gasteiger partial charge in [0.05, 0.1) is 18.2 Å². The summed E-state index contributed by atoms with van der Waals surface area (Å²) in [5.74, 6) is 0.462. The third kappa shape index (κ3) is 6.37. The maximum absolute atomic E-state index is 13.5. The highest BCUT2D eigenvalue weighted by atomic mass is 16.5. The molecule has 0 bridgehead atoms. The van der Waals surface area contributed by atoms with Gasteiger partial charge in [-0.2, -0.15) is 0 Å². The topological polar surface area (TPSA) is 79.3 Å². The number of aliphatic hydroxyl groups is 1. The van der Waals surface area contributed by atoms with E-state index in [1.165, 1.54) is 0 Å². The van der Waals surface area contributed by atoms with E-state index in [0.29, 0.717) is 42.3 Å². The Morgan fingerprint density at radius 1 is 0.925 bits per heavy atom. The number of hydrogen-bond donors (Lipinski definition) is 1. The molecule has 210 valence electrons. The standard InChI is InChI=1S/C33H38N2O5/c1-5-20-39-28-17-16-25(21-23(28)4)31(36)29-30(35(33(38)32(29)37)19-18-34(6-2)7-3)24-12-11-15-27(22-24)40-26-13-9-8-10-14-26/h8-17,21-22,30,36H,5-7,18-20H2,1-4H3/t30-/m1/s1. The van der Waals surface area contributed by atoms with Crippen LogP contribution < -0.4 is 9.47 Å². The lowest BCUT2D eigenvalue weighted by Crippen LogP contribution is -2.38. The molecule has 4 rings (SSSR count). The fraction of sp³-hybridized carbons (Fsp3) is 0.333. The minimum absolute atomic E-state index is 0.0723. The number of Topliss-reactive ketones (excluding diaryl/α,β-unsaturated/α-hetero) is 1. The maximum Gasteiger partial charge on any atom is 0.295 e. The van der Waals surface area contributed by atoms with Crippen LogP contribution in [-0.2, 0) is 9.59 Å². The molecule has 0 aliphatic carbocycles. The van der Waals surface area contributed by atoms with E-state index in [4.69, 9.17) is 9.47 Å². The van der Waals surface area contributed by atoms with E-state index in [2.05, 4.69) is 18.7 Å². The molecular weight excluding hydrogens is 504 g/mol. The highest BCUT2D eigenvalue weighted by molar-refractivity contribution is 6.46. The number of likely N-dealkylation sites (N-methyl/N-ethyl adjacent to an activating group) is 1. The predicted molar refractivity (Wildman–Crippen MR) is 157 cm³/mol. The number of aliphatic hydroxyl groups excluding tert-OH is 1. The molecule has 0 spiro atoms. The van der Waals surface area contributed by atoms with E-state index in [-0.39, 0.29) is 11.3 Å². The Morgan fingerprint density at radius 2 is 1.65 bits per heavy atom. The fourth-order valence-corrected chi connectivity index (χ4v) is 4.95. The summed E-state index contributed by atoms with van der Waals surface area (Å²) in [4.78, 5) is 30.7. The summed E-state index contributed by atoms with van der Waals surface area (Å²) in [7, 11) is 0. The molecule has 1 amide bonds. The zero-order valence-corrected chi connectivity index (χ0v) is 23.7. The van der Waals surface area contributed by atoms with E-state index >= 15 is 0 Å². The Balaban J connectivity index is 1.77. The summed E-state index contributed by atoms with van der Waals surface area (Å²) in [6.07, 6.45) is 0.880. The number of nitrogens with zero attached hydrogens (tertiary/aromatic N) is 2. The largest absolute Gasteiger partial charge is 0.507 e. The Kier molecular flexibility index (Phi) is 9.61. The number of rotatable bonds is 12. The van der Waals surface area contributed by atoms with Gasteiger partial charge in [0.2, 0.25) is 0 Å². The zero-order valence-electron chi connectivity index (χ0n) is 23.7. The third-order valence-electron chi connectivity index (χ3n) is 7.15. The van der Waals surface area contributed by atoms with Crippen LogP contribution in [0.1, 0.15) is 49.9 Å². The molecule has 40 heavy (non-hydrogen) atoms. The van der Waals surface area contributed by atoms with Gasteiger partial charge in [-0.25, -0.2) is 0 Å². The summed E-state index contributed by atoms with van der Waals surface area (Å²) in [5, 5.41) is 11.5. The summed E-state index contributed by atoms with van der Waals surface area (Å²) >= 11 is 0. The molecule has 0 saturated carbocycles. The molecule has 1 aliphatic rings. The maximum atomic E-state index is 13.5. The Hall–Kier alpha value is -4.10. The van der Waals surface area contributed by atoms with Crippen molar-refractivity contribution in [2.75, 3.05) is 32.8 Å². The predicted octanol–water partition coefficient (Wildman–Crippen LogP) is 6.34. The van der Waals surface area contributed by atoms with Gasteiger partial charge < -0.3 is 24.4 Å². The van der Waals surface area contributed by atoms with Crippen molar-refractivity contribution < 1.29 is 24.2 Å². The summed E-state index contributed by atoms with van der Waals surface area (Å²) in [6.45, 7) is 11.3. The quantitative estimate of drug-likeness (QED) is 0.163. The number of hydrogen-bond acceptors (Lipinski definition) is 6. The zero-order chi connectivity index (χ0) is 28.6. The second-order valence-corrected chi connectivity index (χ2v) is 9.84. The molecule has 0 unspecified atom stereocenters. The van der Waals surface area contributed by atoms with Crippen molar-refractivity contribution in [2.45, 2.75) is 40.2 Å². The number of likely N-dealkylation sites (tertiary alicyclic amines) is 1. The van der Waals surface area contributed by atoms with Crippen LogP contribution in [-0.4, -0.2) is 59.4 Å². The first-order valence-electron chi connectivity index (χ1n) is 13.9. The van der Waals surface area contributed by atoms with Crippen LogP contribution >= 0.6 is 0 Å². The number of ketones is 1. The number of aryl methyl sites for hydroxylation is 1. The molecule has 1 aliphatic heterocycles. The lowest BCUT2D eigenvalue weighted by Gasteiger charge is -2.28. The monoisotopic (exact) mass is 542 g/mol. The van der Waals surface area contributed by atoms with Gasteiger partial charge in [-0.05, 0) is 80.0 Å². The van der Waals surface area contributed by atoms with Gasteiger partial charge in [0.25, 0.3) is 11.7 Å². The molecule has 3 aromatic rings. The van der Waals surface area contributed by atoms with E-state index in [0.717, 1.165) is 30.8 Å². The van der Waals surface area contributed by atoms with Gasteiger partial charge >= 0.3 is 0 Å². The van der Waals surface area contributed by atoms with Crippen LogP contribution in [0.2, 0.25) is 0 Å². The average molecular weight is 543 g/mol. The van der Waals surface area contributed by atoms with Gasteiger partial charge in [0.15, 0.2) is 0 Å². The van der Waals surface area contributed by atoms with Gasteiger partial charge in [-0.15, -0.1) is 0 Å². The van der Waals surface area contributed by atoms with Crippen molar-refractivity contribution in [1.82, 2.24) is 9.80 Å².